The average Bonchev–Trinajstić information content (AvgIpc) is 3.31. The summed E-state index contributed by atoms with van der Waals surface area (Å²) in [7, 11) is 0. The van der Waals surface area contributed by atoms with E-state index in [0.29, 0.717) is 10.9 Å². The van der Waals surface area contributed by atoms with E-state index in [0.717, 1.165) is 4.90 Å². The summed E-state index contributed by atoms with van der Waals surface area (Å²) in [6, 6.07) is 7.91. The third kappa shape index (κ3) is 3.14. The fourth-order valence-electron chi connectivity index (χ4n) is 3.34. The van der Waals surface area contributed by atoms with Gasteiger partial charge in [0.2, 0.25) is 5.91 Å². The number of nitrogens with zero attached hydrogens (tertiary/aromatic N) is 1. The van der Waals surface area contributed by atoms with Crippen molar-refractivity contribution in [3.8, 4) is 0 Å². The molecule has 1 heterocycles. The number of amides is 3. The fourth-order valence-corrected chi connectivity index (χ4v) is 3.70. The molecule has 1 fully saturated rings. The fraction of sp³-hybridized carbons (Fsp3) is 0.211. The molecule has 138 valence electrons. The van der Waals surface area contributed by atoms with Gasteiger partial charge in [-0.2, -0.15) is 0 Å². The van der Waals surface area contributed by atoms with E-state index >= 15 is 0 Å². The van der Waals surface area contributed by atoms with Gasteiger partial charge in [-0.05, 0) is 36.8 Å². The van der Waals surface area contributed by atoms with E-state index in [2.05, 4.69) is 21.2 Å². The van der Waals surface area contributed by atoms with E-state index in [1.54, 1.807) is 6.07 Å². The van der Waals surface area contributed by atoms with Crippen molar-refractivity contribution in [3.05, 3.63) is 69.2 Å². The quantitative estimate of drug-likeness (QED) is 0.752. The highest BCUT2D eigenvalue weighted by molar-refractivity contribution is 9.10. The van der Waals surface area contributed by atoms with Gasteiger partial charge < -0.3 is 5.32 Å². The number of rotatable bonds is 4. The second-order valence-electron chi connectivity index (χ2n) is 6.54. The van der Waals surface area contributed by atoms with Crippen LogP contribution in [-0.2, 0) is 4.79 Å². The van der Waals surface area contributed by atoms with Gasteiger partial charge in [0.1, 0.15) is 18.2 Å². The molecule has 0 bridgehead atoms. The van der Waals surface area contributed by atoms with Crippen LogP contribution in [0.5, 0.6) is 0 Å². The maximum atomic E-state index is 13.8. The molecule has 3 amide bonds. The standard InChI is InChI=1S/C19H13BrF2N2O3/c20-9-4-5-10-11(6-9)19(27)24(18(10)26)8-16(25)23-15-7-12(15)17-13(21)2-1-3-14(17)22/h1-6,12,15H,7-8H2,(H,23,25)/t12-,15+/m0/s1. The minimum absolute atomic E-state index is 0.0478. The molecule has 1 N–H and O–H groups in total. The molecule has 2 aliphatic rings. The normalized spacial score (nSPS) is 20.6. The highest BCUT2D eigenvalue weighted by Gasteiger charge is 2.44. The third-order valence-electron chi connectivity index (χ3n) is 4.74. The lowest BCUT2D eigenvalue weighted by molar-refractivity contribution is -0.121. The molecule has 0 spiro atoms. The molecular weight excluding hydrogens is 422 g/mol. The number of fused-ring (bicyclic) bond motifs is 1. The second-order valence-corrected chi connectivity index (χ2v) is 7.45. The van der Waals surface area contributed by atoms with Crippen molar-refractivity contribution in [2.45, 2.75) is 18.4 Å². The first kappa shape index (κ1) is 17.8. The van der Waals surface area contributed by atoms with Crippen molar-refractivity contribution in [2.75, 3.05) is 6.54 Å². The topological polar surface area (TPSA) is 66.5 Å². The Morgan fingerprint density at radius 2 is 1.78 bits per heavy atom. The molecule has 4 rings (SSSR count). The summed E-state index contributed by atoms with van der Waals surface area (Å²) in [6.45, 7) is -0.438. The van der Waals surface area contributed by atoms with Crippen LogP contribution in [0, 0.1) is 11.6 Å². The van der Waals surface area contributed by atoms with E-state index in [1.807, 2.05) is 0 Å². The minimum Gasteiger partial charge on any atom is -0.351 e. The van der Waals surface area contributed by atoms with E-state index in [9.17, 15) is 23.2 Å². The Morgan fingerprint density at radius 1 is 1.11 bits per heavy atom. The molecule has 2 aromatic rings. The zero-order valence-electron chi connectivity index (χ0n) is 13.8. The van der Waals surface area contributed by atoms with Crippen LogP contribution in [-0.4, -0.2) is 35.2 Å². The van der Waals surface area contributed by atoms with Gasteiger partial charge in [0, 0.05) is 22.0 Å². The van der Waals surface area contributed by atoms with Crippen LogP contribution in [0.1, 0.15) is 38.6 Å². The summed E-state index contributed by atoms with van der Waals surface area (Å²) < 4.78 is 28.3. The summed E-state index contributed by atoms with van der Waals surface area (Å²) in [4.78, 5) is 37.8. The van der Waals surface area contributed by atoms with Gasteiger partial charge in [0.25, 0.3) is 11.8 Å². The van der Waals surface area contributed by atoms with Gasteiger partial charge >= 0.3 is 0 Å². The molecule has 2 aromatic carbocycles. The summed E-state index contributed by atoms with van der Waals surface area (Å²) in [5, 5.41) is 2.64. The van der Waals surface area contributed by atoms with E-state index < -0.39 is 47.9 Å². The first-order valence-electron chi connectivity index (χ1n) is 8.26. The Hall–Kier alpha value is -2.61. The van der Waals surface area contributed by atoms with Crippen LogP contribution >= 0.6 is 15.9 Å². The first-order valence-corrected chi connectivity index (χ1v) is 9.05. The number of imide groups is 1. The molecule has 27 heavy (non-hydrogen) atoms. The lowest BCUT2D eigenvalue weighted by Gasteiger charge is -2.13. The Kier molecular flexibility index (Phi) is 4.30. The van der Waals surface area contributed by atoms with Crippen LogP contribution in [0.3, 0.4) is 0 Å². The summed E-state index contributed by atoms with van der Waals surface area (Å²) in [5.74, 6) is -3.38. The third-order valence-corrected chi connectivity index (χ3v) is 5.24. The lowest BCUT2D eigenvalue weighted by atomic mass is 10.1. The van der Waals surface area contributed by atoms with Crippen LogP contribution < -0.4 is 5.32 Å². The zero-order valence-corrected chi connectivity index (χ0v) is 15.4. The molecule has 0 radical (unpaired) electrons. The Bertz CT molecular complexity index is 975. The molecule has 1 saturated carbocycles. The van der Waals surface area contributed by atoms with E-state index in [1.165, 1.54) is 30.3 Å². The number of benzene rings is 2. The number of nitrogens with one attached hydrogen (secondary N) is 1. The SMILES string of the molecule is O=C(CN1C(=O)c2ccc(Br)cc2C1=O)N[C@@H]1C[C@@H]1c1c(F)cccc1F. The largest absolute Gasteiger partial charge is 0.351 e. The molecular formula is C19H13BrF2N2O3. The zero-order chi connectivity index (χ0) is 19.3. The molecule has 8 heteroatoms. The molecule has 2 atom stereocenters. The monoisotopic (exact) mass is 434 g/mol. The van der Waals surface area contributed by atoms with Crippen LogP contribution in [0.15, 0.2) is 40.9 Å². The van der Waals surface area contributed by atoms with Gasteiger partial charge in [-0.3, -0.25) is 19.3 Å². The maximum absolute atomic E-state index is 13.8. The molecule has 0 aromatic heterocycles. The second kappa shape index (κ2) is 6.53. The predicted octanol–water partition coefficient (Wildman–Crippen LogP) is 3.00. The molecule has 0 unspecified atom stereocenters. The lowest BCUT2D eigenvalue weighted by Crippen LogP contribution is -2.41. The van der Waals surface area contributed by atoms with Crippen molar-refractivity contribution in [3.63, 3.8) is 0 Å². The van der Waals surface area contributed by atoms with Crippen molar-refractivity contribution in [1.29, 1.82) is 0 Å². The van der Waals surface area contributed by atoms with Gasteiger partial charge in [0.05, 0.1) is 11.1 Å². The van der Waals surface area contributed by atoms with Gasteiger partial charge in [-0.25, -0.2) is 8.78 Å². The molecule has 1 aliphatic carbocycles. The Labute approximate surface area is 161 Å². The van der Waals surface area contributed by atoms with Gasteiger partial charge in [-0.1, -0.05) is 22.0 Å². The van der Waals surface area contributed by atoms with Crippen molar-refractivity contribution in [2.24, 2.45) is 0 Å². The number of carbonyl (C=O) groups is 3. The highest BCUT2D eigenvalue weighted by Crippen LogP contribution is 2.43. The number of carbonyl (C=O) groups excluding carboxylic acids is 3. The van der Waals surface area contributed by atoms with Gasteiger partial charge in [-0.15, -0.1) is 0 Å². The maximum Gasteiger partial charge on any atom is 0.262 e. The minimum atomic E-state index is -0.650. The van der Waals surface area contributed by atoms with E-state index in [4.69, 9.17) is 0 Å². The smallest absolute Gasteiger partial charge is 0.262 e. The molecule has 1 aliphatic heterocycles. The predicted molar refractivity (Wildman–Crippen MR) is 95.2 cm³/mol. The molecule has 0 saturated heterocycles. The average molecular weight is 435 g/mol. The summed E-state index contributed by atoms with van der Waals surface area (Å²) in [6.07, 6.45) is 0.401. The number of hydrogen-bond acceptors (Lipinski definition) is 3. The number of halogens is 3. The summed E-state index contributed by atoms with van der Waals surface area (Å²) >= 11 is 3.24. The highest BCUT2D eigenvalue weighted by atomic mass is 79.9. The number of hydrogen-bond donors (Lipinski definition) is 1. The Balaban J connectivity index is 1.42. The van der Waals surface area contributed by atoms with Crippen LogP contribution in [0.2, 0.25) is 0 Å². The van der Waals surface area contributed by atoms with Crippen LogP contribution in [0.25, 0.3) is 0 Å². The van der Waals surface area contributed by atoms with Crippen LogP contribution in [0.4, 0.5) is 8.78 Å². The van der Waals surface area contributed by atoms with Crippen molar-refractivity contribution >= 4 is 33.7 Å². The summed E-state index contributed by atoms with van der Waals surface area (Å²) in [5.41, 5.74) is 0.432. The van der Waals surface area contributed by atoms with Gasteiger partial charge in [0.15, 0.2) is 0 Å². The van der Waals surface area contributed by atoms with Crippen molar-refractivity contribution in [1.82, 2.24) is 10.2 Å². The molecule has 5 nitrogen and oxygen atoms in total. The van der Waals surface area contributed by atoms with E-state index in [-0.39, 0.29) is 16.7 Å². The van der Waals surface area contributed by atoms with Crippen molar-refractivity contribution < 1.29 is 23.2 Å². The Morgan fingerprint density at radius 3 is 2.48 bits per heavy atom. The first-order chi connectivity index (χ1) is 12.9.